The van der Waals surface area contributed by atoms with E-state index in [0.717, 1.165) is 29.7 Å². The van der Waals surface area contributed by atoms with E-state index in [1.54, 1.807) is 18.2 Å². The monoisotopic (exact) mass is 274 g/mol. The smallest absolute Gasteiger partial charge is 0.335 e. The molecule has 1 heterocycles. The Morgan fingerprint density at radius 3 is 2.60 bits per heavy atom. The Morgan fingerprint density at radius 1 is 1.35 bits per heavy atom. The Labute approximate surface area is 119 Å². The number of rotatable bonds is 5. The summed E-state index contributed by atoms with van der Waals surface area (Å²) in [6.45, 7) is 8.57. The SMILES string of the molecule is CCCC(C)n1c(C(C)C)nc2ccc(C(=O)O)cc21. The van der Waals surface area contributed by atoms with Gasteiger partial charge in [-0.05, 0) is 31.5 Å². The van der Waals surface area contributed by atoms with Gasteiger partial charge in [0.05, 0.1) is 16.6 Å². The molecule has 0 saturated heterocycles. The number of carbonyl (C=O) groups is 1. The summed E-state index contributed by atoms with van der Waals surface area (Å²) in [5.41, 5.74) is 2.12. The number of aromatic nitrogens is 2. The first-order chi connectivity index (χ1) is 9.45. The number of carboxylic acids is 1. The molecule has 0 amide bonds. The quantitative estimate of drug-likeness (QED) is 0.888. The molecule has 108 valence electrons. The second-order valence-corrected chi connectivity index (χ2v) is 5.64. The Bertz CT molecular complexity index is 629. The maximum absolute atomic E-state index is 11.2. The summed E-state index contributed by atoms with van der Waals surface area (Å²) < 4.78 is 2.20. The van der Waals surface area contributed by atoms with Crippen LogP contribution in [-0.2, 0) is 0 Å². The highest BCUT2D eigenvalue weighted by molar-refractivity contribution is 5.92. The van der Waals surface area contributed by atoms with Gasteiger partial charge in [-0.15, -0.1) is 0 Å². The van der Waals surface area contributed by atoms with Crippen LogP contribution in [0.4, 0.5) is 0 Å². The van der Waals surface area contributed by atoms with Crippen molar-refractivity contribution in [2.75, 3.05) is 0 Å². The average Bonchev–Trinajstić information content (AvgIpc) is 2.77. The zero-order valence-corrected chi connectivity index (χ0v) is 12.6. The van der Waals surface area contributed by atoms with Crippen molar-refractivity contribution in [3.05, 3.63) is 29.6 Å². The van der Waals surface area contributed by atoms with E-state index in [2.05, 4.69) is 37.2 Å². The predicted molar refractivity (Wildman–Crippen MR) is 80.4 cm³/mol. The molecule has 0 saturated carbocycles. The fourth-order valence-electron chi connectivity index (χ4n) is 2.66. The molecule has 1 unspecified atom stereocenters. The number of aromatic carboxylic acids is 1. The largest absolute Gasteiger partial charge is 0.478 e. The normalized spacial score (nSPS) is 13.1. The standard InChI is InChI=1S/C16H22N2O2/c1-5-6-11(4)18-14-9-12(16(19)20)7-8-13(14)17-15(18)10(2)3/h7-11H,5-6H2,1-4H3,(H,19,20). The van der Waals surface area contributed by atoms with Crippen LogP contribution in [0.15, 0.2) is 18.2 Å². The van der Waals surface area contributed by atoms with Gasteiger partial charge < -0.3 is 9.67 Å². The minimum atomic E-state index is -0.895. The lowest BCUT2D eigenvalue weighted by Crippen LogP contribution is -2.10. The van der Waals surface area contributed by atoms with Crippen molar-refractivity contribution in [3.8, 4) is 0 Å². The lowest BCUT2D eigenvalue weighted by molar-refractivity contribution is 0.0697. The number of carboxylic acid groups (broad SMARTS) is 1. The molecule has 0 radical (unpaired) electrons. The Morgan fingerprint density at radius 2 is 2.05 bits per heavy atom. The second-order valence-electron chi connectivity index (χ2n) is 5.64. The first-order valence-electron chi connectivity index (χ1n) is 7.20. The van der Waals surface area contributed by atoms with Crippen molar-refractivity contribution < 1.29 is 9.90 Å². The molecule has 2 aromatic rings. The van der Waals surface area contributed by atoms with E-state index in [-0.39, 0.29) is 0 Å². The Balaban J connectivity index is 2.67. The first-order valence-corrected chi connectivity index (χ1v) is 7.20. The average molecular weight is 274 g/mol. The predicted octanol–water partition coefficient (Wildman–Crippen LogP) is 4.22. The van der Waals surface area contributed by atoms with Gasteiger partial charge in [0, 0.05) is 12.0 Å². The summed E-state index contributed by atoms with van der Waals surface area (Å²) in [5.74, 6) is 0.451. The van der Waals surface area contributed by atoms with Crippen molar-refractivity contribution in [1.29, 1.82) is 0 Å². The number of imidazole rings is 1. The van der Waals surface area contributed by atoms with Gasteiger partial charge in [0.15, 0.2) is 0 Å². The molecule has 0 bridgehead atoms. The Hall–Kier alpha value is -1.84. The summed E-state index contributed by atoms with van der Waals surface area (Å²) in [5, 5.41) is 9.16. The number of hydrogen-bond acceptors (Lipinski definition) is 2. The highest BCUT2D eigenvalue weighted by Crippen LogP contribution is 2.28. The fraction of sp³-hybridized carbons (Fsp3) is 0.500. The molecular formula is C16H22N2O2. The minimum absolute atomic E-state index is 0.315. The number of hydrogen-bond donors (Lipinski definition) is 1. The molecule has 0 aliphatic rings. The minimum Gasteiger partial charge on any atom is -0.478 e. The lowest BCUT2D eigenvalue weighted by Gasteiger charge is -2.18. The molecule has 0 spiro atoms. The van der Waals surface area contributed by atoms with E-state index in [9.17, 15) is 4.79 Å². The molecule has 4 nitrogen and oxygen atoms in total. The van der Waals surface area contributed by atoms with Gasteiger partial charge >= 0.3 is 5.97 Å². The molecular weight excluding hydrogens is 252 g/mol. The first kappa shape index (κ1) is 14.6. The lowest BCUT2D eigenvalue weighted by atomic mass is 10.1. The zero-order valence-electron chi connectivity index (χ0n) is 12.6. The summed E-state index contributed by atoms with van der Waals surface area (Å²) >= 11 is 0. The molecule has 1 atom stereocenters. The topological polar surface area (TPSA) is 55.1 Å². The third-order valence-corrected chi connectivity index (χ3v) is 3.63. The van der Waals surface area contributed by atoms with Crippen molar-refractivity contribution >= 4 is 17.0 Å². The molecule has 2 rings (SSSR count). The zero-order chi connectivity index (χ0) is 14.9. The highest BCUT2D eigenvalue weighted by Gasteiger charge is 2.18. The van der Waals surface area contributed by atoms with Gasteiger partial charge in [0.25, 0.3) is 0 Å². The van der Waals surface area contributed by atoms with E-state index in [1.807, 2.05) is 0 Å². The third-order valence-electron chi connectivity index (χ3n) is 3.63. The van der Waals surface area contributed by atoms with Crippen LogP contribution in [0, 0.1) is 0 Å². The van der Waals surface area contributed by atoms with Gasteiger partial charge in [-0.1, -0.05) is 27.2 Å². The molecule has 1 N–H and O–H groups in total. The summed E-state index contributed by atoms with van der Waals surface area (Å²) in [7, 11) is 0. The molecule has 1 aromatic carbocycles. The van der Waals surface area contributed by atoms with E-state index in [4.69, 9.17) is 5.11 Å². The van der Waals surface area contributed by atoms with Crippen LogP contribution in [-0.4, -0.2) is 20.6 Å². The van der Waals surface area contributed by atoms with Gasteiger partial charge in [0.1, 0.15) is 5.82 Å². The van der Waals surface area contributed by atoms with Crippen molar-refractivity contribution in [3.63, 3.8) is 0 Å². The van der Waals surface area contributed by atoms with Gasteiger partial charge in [-0.25, -0.2) is 9.78 Å². The van der Waals surface area contributed by atoms with E-state index in [0.29, 0.717) is 17.5 Å². The maximum Gasteiger partial charge on any atom is 0.335 e. The number of fused-ring (bicyclic) bond motifs is 1. The molecule has 4 heteroatoms. The van der Waals surface area contributed by atoms with Crippen molar-refractivity contribution in [2.24, 2.45) is 0 Å². The van der Waals surface area contributed by atoms with Crippen molar-refractivity contribution in [1.82, 2.24) is 9.55 Å². The Kier molecular flexibility index (Phi) is 4.12. The van der Waals surface area contributed by atoms with E-state index < -0.39 is 5.97 Å². The summed E-state index contributed by atoms with van der Waals surface area (Å²) in [6, 6.07) is 5.49. The van der Waals surface area contributed by atoms with Gasteiger partial charge in [-0.3, -0.25) is 0 Å². The van der Waals surface area contributed by atoms with Crippen LogP contribution in [0.1, 0.15) is 68.7 Å². The molecule has 0 aliphatic heterocycles. The van der Waals surface area contributed by atoms with Crippen molar-refractivity contribution in [2.45, 2.75) is 52.5 Å². The third kappa shape index (κ3) is 2.55. The van der Waals surface area contributed by atoms with E-state index >= 15 is 0 Å². The second kappa shape index (κ2) is 5.65. The molecule has 20 heavy (non-hydrogen) atoms. The van der Waals surface area contributed by atoms with Crippen LogP contribution in [0.25, 0.3) is 11.0 Å². The molecule has 1 aromatic heterocycles. The highest BCUT2D eigenvalue weighted by atomic mass is 16.4. The molecule has 0 fully saturated rings. The summed E-state index contributed by atoms with van der Waals surface area (Å²) in [6.07, 6.45) is 2.15. The summed E-state index contributed by atoms with van der Waals surface area (Å²) in [4.78, 5) is 15.8. The van der Waals surface area contributed by atoms with E-state index in [1.165, 1.54) is 0 Å². The van der Waals surface area contributed by atoms with Gasteiger partial charge in [0.2, 0.25) is 0 Å². The fourth-order valence-corrected chi connectivity index (χ4v) is 2.66. The molecule has 0 aliphatic carbocycles. The van der Waals surface area contributed by atoms with Crippen LogP contribution in [0.3, 0.4) is 0 Å². The van der Waals surface area contributed by atoms with Crippen LogP contribution in [0.2, 0.25) is 0 Å². The van der Waals surface area contributed by atoms with Crippen LogP contribution >= 0.6 is 0 Å². The van der Waals surface area contributed by atoms with Gasteiger partial charge in [-0.2, -0.15) is 0 Å². The number of benzene rings is 1. The van der Waals surface area contributed by atoms with Crippen LogP contribution in [0.5, 0.6) is 0 Å². The number of nitrogens with zero attached hydrogens (tertiary/aromatic N) is 2. The maximum atomic E-state index is 11.2. The van der Waals surface area contributed by atoms with Crippen LogP contribution < -0.4 is 0 Å².